The van der Waals surface area contributed by atoms with Crippen LogP contribution in [0.4, 0.5) is 23.0 Å². The SMILES string of the molecule is CCN(CCO)c1ncnc(Nc2cc(Cl)cc(Cl)c2)c1N. The summed E-state index contributed by atoms with van der Waals surface area (Å²) in [6.07, 6.45) is 1.42. The zero-order valence-electron chi connectivity index (χ0n) is 12.1. The summed E-state index contributed by atoms with van der Waals surface area (Å²) in [6, 6.07) is 5.09. The molecule has 8 heteroatoms. The normalized spacial score (nSPS) is 10.5. The number of aliphatic hydroxyl groups excluding tert-OH is 1. The summed E-state index contributed by atoms with van der Waals surface area (Å²) in [6.45, 7) is 3.09. The van der Waals surface area contributed by atoms with Crippen molar-refractivity contribution in [1.82, 2.24) is 9.97 Å². The number of halogens is 2. The Kier molecular flexibility index (Phi) is 5.65. The largest absolute Gasteiger partial charge is 0.395 e. The number of benzene rings is 1. The molecule has 0 radical (unpaired) electrons. The number of aromatic nitrogens is 2. The average molecular weight is 342 g/mol. The molecule has 4 N–H and O–H groups in total. The van der Waals surface area contributed by atoms with E-state index in [0.29, 0.717) is 46.1 Å². The quantitative estimate of drug-likeness (QED) is 0.748. The van der Waals surface area contributed by atoms with Gasteiger partial charge in [0.2, 0.25) is 0 Å². The average Bonchev–Trinajstić information content (AvgIpc) is 2.46. The molecule has 0 aliphatic rings. The number of nitrogens with one attached hydrogen (secondary N) is 1. The fourth-order valence-electron chi connectivity index (χ4n) is 2.04. The van der Waals surface area contributed by atoms with Crippen LogP contribution in [0, 0.1) is 0 Å². The van der Waals surface area contributed by atoms with Gasteiger partial charge in [-0.3, -0.25) is 0 Å². The Labute approximate surface area is 138 Å². The van der Waals surface area contributed by atoms with E-state index < -0.39 is 0 Å². The summed E-state index contributed by atoms with van der Waals surface area (Å²) in [5, 5.41) is 13.2. The number of rotatable bonds is 6. The minimum atomic E-state index is 0.0178. The third-order valence-corrected chi connectivity index (χ3v) is 3.48. The number of aliphatic hydroxyl groups is 1. The van der Waals surface area contributed by atoms with E-state index >= 15 is 0 Å². The highest BCUT2D eigenvalue weighted by atomic mass is 35.5. The van der Waals surface area contributed by atoms with Crippen LogP contribution >= 0.6 is 23.2 Å². The van der Waals surface area contributed by atoms with Crippen molar-refractivity contribution in [2.75, 3.05) is 35.6 Å². The number of hydrogen-bond donors (Lipinski definition) is 3. The maximum Gasteiger partial charge on any atom is 0.159 e. The van der Waals surface area contributed by atoms with E-state index in [1.165, 1.54) is 6.33 Å². The van der Waals surface area contributed by atoms with Crippen molar-refractivity contribution in [3.63, 3.8) is 0 Å². The van der Waals surface area contributed by atoms with Crippen LogP contribution in [-0.2, 0) is 0 Å². The summed E-state index contributed by atoms with van der Waals surface area (Å²) < 4.78 is 0. The van der Waals surface area contributed by atoms with E-state index in [0.717, 1.165) is 0 Å². The first-order valence-corrected chi connectivity index (χ1v) is 7.50. The van der Waals surface area contributed by atoms with Crippen LogP contribution in [0.25, 0.3) is 0 Å². The monoisotopic (exact) mass is 341 g/mol. The minimum Gasteiger partial charge on any atom is -0.395 e. The molecule has 1 heterocycles. The van der Waals surface area contributed by atoms with Gasteiger partial charge in [0.25, 0.3) is 0 Å². The number of anilines is 4. The predicted molar refractivity (Wildman–Crippen MR) is 91.2 cm³/mol. The van der Waals surface area contributed by atoms with Gasteiger partial charge in [-0.15, -0.1) is 0 Å². The molecular formula is C14H17Cl2N5O. The fraction of sp³-hybridized carbons (Fsp3) is 0.286. The zero-order valence-corrected chi connectivity index (χ0v) is 13.6. The van der Waals surface area contributed by atoms with Gasteiger partial charge in [0.05, 0.1) is 6.61 Å². The third-order valence-electron chi connectivity index (χ3n) is 3.04. The maximum absolute atomic E-state index is 9.11. The Balaban J connectivity index is 2.32. The van der Waals surface area contributed by atoms with Crippen molar-refractivity contribution in [2.45, 2.75) is 6.92 Å². The summed E-state index contributed by atoms with van der Waals surface area (Å²) in [5.74, 6) is 1.03. The van der Waals surface area contributed by atoms with Gasteiger partial charge >= 0.3 is 0 Å². The lowest BCUT2D eigenvalue weighted by Crippen LogP contribution is -2.28. The molecule has 0 amide bonds. The molecule has 0 unspecified atom stereocenters. The minimum absolute atomic E-state index is 0.0178. The first kappa shape index (κ1) is 16.6. The van der Waals surface area contributed by atoms with Crippen molar-refractivity contribution >= 4 is 46.2 Å². The summed E-state index contributed by atoms with van der Waals surface area (Å²) in [5.41, 5.74) is 7.21. The van der Waals surface area contributed by atoms with E-state index in [1.54, 1.807) is 18.2 Å². The number of likely N-dealkylation sites (N-methyl/N-ethyl adjacent to an activating group) is 1. The Bertz CT molecular complexity index is 633. The van der Waals surface area contributed by atoms with Crippen LogP contribution < -0.4 is 16.0 Å². The summed E-state index contributed by atoms with van der Waals surface area (Å²) in [7, 11) is 0. The van der Waals surface area contributed by atoms with Gasteiger partial charge in [-0.05, 0) is 25.1 Å². The van der Waals surface area contributed by atoms with Crippen molar-refractivity contribution in [1.29, 1.82) is 0 Å². The van der Waals surface area contributed by atoms with E-state index in [9.17, 15) is 0 Å². The lowest BCUT2D eigenvalue weighted by Gasteiger charge is -2.23. The van der Waals surface area contributed by atoms with Gasteiger partial charge in [0.15, 0.2) is 11.6 Å². The molecule has 0 spiro atoms. The maximum atomic E-state index is 9.11. The smallest absolute Gasteiger partial charge is 0.159 e. The Hall–Kier alpha value is -1.76. The second-order valence-electron chi connectivity index (χ2n) is 4.55. The van der Waals surface area contributed by atoms with E-state index in [2.05, 4.69) is 15.3 Å². The van der Waals surface area contributed by atoms with Gasteiger partial charge in [-0.2, -0.15) is 0 Å². The highest BCUT2D eigenvalue weighted by Crippen LogP contribution is 2.30. The molecule has 0 saturated heterocycles. The van der Waals surface area contributed by atoms with Crippen LogP contribution in [-0.4, -0.2) is 34.8 Å². The lowest BCUT2D eigenvalue weighted by molar-refractivity contribution is 0.302. The van der Waals surface area contributed by atoms with Gasteiger partial charge in [0.1, 0.15) is 12.0 Å². The first-order valence-electron chi connectivity index (χ1n) is 6.74. The van der Waals surface area contributed by atoms with Crippen LogP contribution in [0.1, 0.15) is 6.92 Å². The van der Waals surface area contributed by atoms with Crippen LogP contribution in [0.15, 0.2) is 24.5 Å². The molecule has 1 aromatic heterocycles. The van der Waals surface area contributed by atoms with Crippen molar-refractivity contribution < 1.29 is 5.11 Å². The molecule has 2 aromatic rings. The number of nitrogens with two attached hydrogens (primary N) is 1. The number of nitrogens with zero attached hydrogens (tertiary/aromatic N) is 3. The van der Waals surface area contributed by atoms with Gasteiger partial charge in [-0.1, -0.05) is 23.2 Å². The van der Waals surface area contributed by atoms with E-state index in [4.69, 9.17) is 34.0 Å². The van der Waals surface area contributed by atoms with E-state index in [1.807, 2.05) is 11.8 Å². The molecule has 0 saturated carbocycles. The molecule has 0 fully saturated rings. The molecule has 22 heavy (non-hydrogen) atoms. The highest BCUT2D eigenvalue weighted by Gasteiger charge is 2.14. The summed E-state index contributed by atoms with van der Waals surface area (Å²) >= 11 is 12.0. The second kappa shape index (κ2) is 7.49. The fourth-order valence-corrected chi connectivity index (χ4v) is 2.56. The first-order chi connectivity index (χ1) is 10.5. The highest BCUT2D eigenvalue weighted by molar-refractivity contribution is 6.35. The molecular weight excluding hydrogens is 325 g/mol. The standard InChI is InChI=1S/C14H17Cl2N5O/c1-2-21(3-4-22)14-12(17)13(18-8-19-14)20-11-6-9(15)5-10(16)7-11/h5-8,22H,2-4,17H2,1H3,(H,18,19,20). The van der Waals surface area contributed by atoms with Gasteiger partial charge in [0, 0.05) is 28.8 Å². The van der Waals surface area contributed by atoms with Gasteiger partial charge in [-0.25, -0.2) is 9.97 Å². The van der Waals surface area contributed by atoms with Crippen LogP contribution in [0.3, 0.4) is 0 Å². The Morgan fingerprint density at radius 2 is 1.91 bits per heavy atom. The molecule has 0 bridgehead atoms. The number of hydrogen-bond acceptors (Lipinski definition) is 6. The molecule has 6 nitrogen and oxygen atoms in total. The van der Waals surface area contributed by atoms with Gasteiger partial charge < -0.3 is 21.1 Å². The predicted octanol–water partition coefficient (Wildman–Crippen LogP) is 2.93. The number of nitrogen functional groups attached to an aromatic ring is 1. The molecule has 118 valence electrons. The Morgan fingerprint density at radius 1 is 1.23 bits per heavy atom. The molecule has 0 atom stereocenters. The molecule has 2 rings (SSSR count). The molecule has 0 aliphatic heterocycles. The summed E-state index contributed by atoms with van der Waals surface area (Å²) in [4.78, 5) is 10.2. The second-order valence-corrected chi connectivity index (χ2v) is 5.42. The van der Waals surface area contributed by atoms with Crippen molar-refractivity contribution in [2.24, 2.45) is 0 Å². The lowest BCUT2D eigenvalue weighted by atomic mass is 10.3. The Morgan fingerprint density at radius 3 is 2.50 bits per heavy atom. The third kappa shape index (κ3) is 3.91. The van der Waals surface area contributed by atoms with E-state index in [-0.39, 0.29) is 6.61 Å². The molecule has 0 aliphatic carbocycles. The van der Waals surface area contributed by atoms with Crippen LogP contribution in [0.5, 0.6) is 0 Å². The van der Waals surface area contributed by atoms with Crippen LogP contribution in [0.2, 0.25) is 10.0 Å². The topological polar surface area (TPSA) is 87.3 Å². The van der Waals surface area contributed by atoms with Crippen molar-refractivity contribution in [3.8, 4) is 0 Å². The molecule has 1 aromatic carbocycles. The van der Waals surface area contributed by atoms with Crippen molar-refractivity contribution in [3.05, 3.63) is 34.6 Å². The zero-order chi connectivity index (χ0) is 16.1.